The SMILES string of the molecule is CCOc1ccc(-c2noc(CN3CCC[C@H]3C(=O)NCC(F)(F)F)n2)cc1. The number of nitrogens with zero attached hydrogens (tertiary/aromatic N) is 3. The number of rotatable bonds is 7. The minimum atomic E-state index is -4.43. The summed E-state index contributed by atoms with van der Waals surface area (Å²) in [5.41, 5.74) is 0.749. The molecule has 1 atom stereocenters. The van der Waals surface area contributed by atoms with E-state index >= 15 is 0 Å². The fourth-order valence-electron chi connectivity index (χ4n) is 3.09. The third kappa shape index (κ3) is 5.22. The zero-order valence-corrected chi connectivity index (χ0v) is 15.3. The highest BCUT2D eigenvalue weighted by atomic mass is 19.4. The van der Waals surface area contributed by atoms with E-state index in [4.69, 9.17) is 9.26 Å². The van der Waals surface area contributed by atoms with Crippen molar-refractivity contribution in [2.75, 3.05) is 19.7 Å². The van der Waals surface area contributed by atoms with Crippen LogP contribution < -0.4 is 10.1 Å². The summed E-state index contributed by atoms with van der Waals surface area (Å²) in [6, 6.07) is 6.58. The molecule has 2 heterocycles. The molecular formula is C18H21F3N4O3. The lowest BCUT2D eigenvalue weighted by Gasteiger charge is -2.22. The Morgan fingerprint density at radius 2 is 2.11 bits per heavy atom. The van der Waals surface area contributed by atoms with Gasteiger partial charge in [0.25, 0.3) is 0 Å². The average molecular weight is 398 g/mol. The second-order valence-corrected chi connectivity index (χ2v) is 6.43. The summed E-state index contributed by atoms with van der Waals surface area (Å²) >= 11 is 0. The minimum Gasteiger partial charge on any atom is -0.494 e. The summed E-state index contributed by atoms with van der Waals surface area (Å²) in [7, 11) is 0. The van der Waals surface area contributed by atoms with Crippen molar-refractivity contribution in [2.45, 2.75) is 38.5 Å². The van der Waals surface area contributed by atoms with Crippen LogP contribution in [0.2, 0.25) is 0 Å². The first-order valence-electron chi connectivity index (χ1n) is 9.00. The van der Waals surface area contributed by atoms with E-state index in [9.17, 15) is 18.0 Å². The van der Waals surface area contributed by atoms with Crippen molar-refractivity contribution in [1.82, 2.24) is 20.4 Å². The molecule has 1 saturated heterocycles. The van der Waals surface area contributed by atoms with Gasteiger partial charge in [0.2, 0.25) is 17.6 Å². The molecule has 152 valence electrons. The number of hydrogen-bond donors (Lipinski definition) is 1. The van der Waals surface area contributed by atoms with Crippen molar-refractivity contribution >= 4 is 5.91 Å². The Labute approximate surface area is 159 Å². The number of carbonyl (C=O) groups excluding carboxylic acids is 1. The Morgan fingerprint density at radius 1 is 1.36 bits per heavy atom. The molecule has 0 saturated carbocycles. The first-order chi connectivity index (χ1) is 13.4. The fourth-order valence-corrected chi connectivity index (χ4v) is 3.09. The number of nitrogens with one attached hydrogen (secondary N) is 1. The zero-order chi connectivity index (χ0) is 20.1. The standard InChI is InChI=1S/C18H21F3N4O3/c1-2-27-13-7-5-12(6-8-13)16-23-15(28-24-16)10-25-9-3-4-14(25)17(26)22-11-18(19,20)21/h5-8,14H,2-4,9-11H2,1H3,(H,22,26)/t14-/m0/s1. The molecule has 1 fully saturated rings. The van der Waals surface area contributed by atoms with E-state index < -0.39 is 24.7 Å². The topological polar surface area (TPSA) is 80.5 Å². The highest BCUT2D eigenvalue weighted by Crippen LogP contribution is 2.23. The van der Waals surface area contributed by atoms with Gasteiger partial charge in [0.05, 0.1) is 19.2 Å². The van der Waals surface area contributed by atoms with Crippen molar-refractivity contribution in [3.8, 4) is 17.1 Å². The van der Waals surface area contributed by atoms with Crippen LogP contribution in [0, 0.1) is 0 Å². The third-order valence-corrected chi connectivity index (χ3v) is 4.36. The molecule has 0 unspecified atom stereocenters. The number of ether oxygens (including phenoxy) is 1. The van der Waals surface area contributed by atoms with Crippen molar-refractivity contribution in [2.24, 2.45) is 0 Å². The van der Waals surface area contributed by atoms with Crippen molar-refractivity contribution in [1.29, 1.82) is 0 Å². The monoisotopic (exact) mass is 398 g/mol. The number of aromatic nitrogens is 2. The van der Waals surface area contributed by atoms with E-state index in [1.165, 1.54) is 0 Å². The van der Waals surface area contributed by atoms with Gasteiger partial charge in [-0.2, -0.15) is 18.2 Å². The van der Waals surface area contributed by atoms with Crippen LogP contribution in [0.15, 0.2) is 28.8 Å². The Kier molecular flexibility index (Phi) is 6.18. The van der Waals surface area contributed by atoms with Crippen LogP contribution in [0.5, 0.6) is 5.75 Å². The van der Waals surface area contributed by atoms with Gasteiger partial charge in [-0.3, -0.25) is 9.69 Å². The Morgan fingerprint density at radius 3 is 2.79 bits per heavy atom. The van der Waals surface area contributed by atoms with Gasteiger partial charge in [0.15, 0.2) is 0 Å². The van der Waals surface area contributed by atoms with Crippen LogP contribution in [0.4, 0.5) is 13.2 Å². The van der Waals surface area contributed by atoms with Gasteiger partial charge in [-0.05, 0) is 50.6 Å². The molecule has 1 aromatic carbocycles. The number of benzene rings is 1. The number of carbonyl (C=O) groups is 1. The van der Waals surface area contributed by atoms with E-state index in [1.54, 1.807) is 17.0 Å². The van der Waals surface area contributed by atoms with Crippen LogP contribution in [0.25, 0.3) is 11.4 Å². The maximum absolute atomic E-state index is 12.3. The fraction of sp³-hybridized carbons (Fsp3) is 0.500. The lowest BCUT2D eigenvalue weighted by Crippen LogP contribution is -2.45. The van der Waals surface area contributed by atoms with Crippen LogP contribution in [-0.4, -0.2) is 52.9 Å². The summed E-state index contributed by atoms with van der Waals surface area (Å²) in [6.45, 7) is 1.91. The molecule has 0 spiro atoms. The van der Waals surface area contributed by atoms with Gasteiger partial charge in [-0.1, -0.05) is 5.16 Å². The summed E-state index contributed by atoms with van der Waals surface area (Å²) in [6.07, 6.45) is -3.23. The van der Waals surface area contributed by atoms with Gasteiger partial charge in [-0.15, -0.1) is 0 Å². The smallest absolute Gasteiger partial charge is 0.405 e. The highest BCUT2D eigenvalue weighted by molar-refractivity contribution is 5.82. The summed E-state index contributed by atoms with van der Waals surface area (Å²) in [4.78, 5) is 18.2. The van der Waals surface area contributed by atoms with Crippen molar-refractivity contribution in [3.63, 3.8) is 0 Å². The van der Waals surface area contributed by atoms with E-state index in [0.717, 1.165) is 11.3 Å². The first kappa shape index (κ1) is 20.1. The van der Waals surface area contributed by atoms with Gasteiger partial charge in [0, 0.05) is 5.56 Å². The molecule has 1 amide bonds. The molecule has 1 N–H and O–H groups in total. The third-order valence-electron chi connectivity index (χ3n) is 4.36. The van der Waals surface area contributed by atoms with Crippen molar-refractivity contribution < 1.29 is 27.2 Å². The maximum Gasteiger partial charge on any atom is 0.405 e. The number of halogens is 3. The Hall–Kier alpha value is -2.62. The average Bonchev–Trinajstić information content (AvgIpc) is 3.30. The Balaban J connectivity index is 1.61. The van der Waals surface area contributed by atoms with Crippen LogP contribution in [0.3, 0.4) is 0 Å². The van der Waals surface area contributed by atoms with Gasteiger partial charge in [0.1, 0.15) is 12.3 Å². The molecule has 0 radical (unpaired) electrons. The van der Waals surface area contributed by atoms with Crippen LogP contribution in [0.1, 0.15) is 25.7 Å². The molecule has 10 heteroatoms. The second kappa shape index (κ2) is 8.59. The molecule has 1 aliphatic rings. The minimum absolute atomic E-state index is 0.203. The Bertz CT molecular complexity index is 792. The molecule has 0 bridgehead atoms. The molecule has 3 rings (SSSR count). The predicted molar refractivity (Wildman–Crippen MR) is 93.4 cm³/mol. The van der Waals surface area contributed by atoms with E-state index in [0.29, 0.717) is 37.7 Å². The highest BCUT2D eigenvalue weighted by Gasteiger charge is 2.34. The van der Waals surface area contributed by atoms with Gasteiger partial charge >= 0.3 is 6.18 Å². The van der Waals surface area contributed by atoms with Crippen molar-refractivity contribution in [3.05, 3.63) is 30.2 Å². The van der Waals surface area contributed by atoms with Gasteiger partial charge < -0.3 is 14.6 Å². The second-order valence-electron chi connectivity index (χ2n) is 6.43. The quantitative estimate of drug-likeness (QED) is 0.773. The lowest BCUT2D eigenvalue weighted by molar-refractivity contribution is -0.141. The maximum atomic E-state index is 12.3. The molecule has 2 aromatic rings. The number of amides is 1. The van der Waals surface area contributed by atoms with E-state index in [1.807, 2.05) is 24.4 Å². The zero-order valence-electron chi connectivity index (χ0n) is 15.3. The van der Waals surface area contributed by atoms with Crippen LogP contribution in [-0.2, 0) is 11.3 Å². The molecular weight excluding hydrogens is 377 g/mol. The van der Waals surface area contributed by atoms with E-state index in [-0.39, 0.29) is 6.54 Å². The number of likely N-dealkylation sites (tertiary alicyclic amines) is 1. The van der Waals surface area contributed by atoms with E-state index in [2.05, 4.69) is 10.1 Å². The first-order valence-corrected chi connectivity index (χ1v) is 9.00. The van der Waals surface area contributed by atoms with Crippen LogP contribution >= 0.6 is 0 Å². The number of hydrogen-bond acceptors (Lipinski definition) is 6. The molecule has 0 aliphatic carbocycles. The summed E-state index contributed by atoms with van der Waals surface area (Å²) in [5.74, 6) is 0.801. The predicted octanol–water partition coefficient (Wildman–Crippen LogP) is 2.78. The lowest BCUT2D eigenvalue weighted by atomic mass is 10.2. The van der Waals surface area contributed by atoms with Gasteiger partial charge in [-0.25, -0.2) is 0 Å². The molecule has 28 heavy (non-hydrogen) atoms. The molecule has 1 aromatic heterocycles. The largest absolute Gasteiger partial charge is 0.494 e. The molecule has 1 aliphatic heterocycles. The number of alkyl halides is 3. The normalized spacial score (nSPS) is 17.6. The summed E-state index contributed by atoms with van der Waals surface area (Å²) in [5, 5.41) is 5.88. The molecule has 7 nitrogen and oxygen atoms in total. The summed E-state index contributed by atoms with van der Waals surface area (Å²) < 4.78 is 47.6.